The molecule has 3 rings (SSSR count). The Morgan fingerprint density at radius 3 is 2.35 bits per heavy atom. The summed E-state index contributed by atoms with van der Waals surface area (Å²) in [5, 5.41) is 0. The third kappa shape index (κ3) is 2.44. The van der Waals surface area contributed by atoms with E-state index in [-0.39, 0.29) is 0 Å². The summed E-state index contributed by atoms with van der Waals surface area (Å²) in [5.41, 5.74) is 2.52. The molecule has 20 heavy (non-hydrogen) atoms. The Hall–Kier alpha value is -2.16. The van der Waals surface area contributed by atoms with Crippen molar-refractivity contribution in [1.29, 1.82) is 0 Å². The van der Waals surface area contributed by atoms with E-state index >= 15 is 0 Å². The topological polar surface area (TPSA) is 27.7 Å². The zero-order valence-corrected chi connectivity index (χ0v) is 11.8. The van der Waals surface area contributed by atoms with Gasteiger partial charge in [-0.15, -0.1) is 0 Å². The van der Waals surface area contributed by atoms with E-state index in [4.69, 9.17) is 14.2 Å². The van der Waals surface area contributed by atoms with Crippen molar-refractivity contribution in [3.8, 4) is 17.2 Å². The summed E-state index contributed by atoms with van der Waals surface area (Å²) in [7, 11) is 3.35. The van der Waals surface area contributed by atoms with Crippen molar-refractivity contribution >= 4 is 0 Å². The molecule has 1 atom stereocenters. The summed E-state index contributed by atoms with van der Waals surface area (Å²) in [5.74, 6) is 3.05. The fraction of sp³-hybridized carbons (Fsp3) is 0.294. The highest BCUT2D eigenvalue weighted by Gasteiger charge is 2.21. The zero-order valence-electron chi connectivity index (χ0n) is 11.8. The van der Waals surface area contributed by atoms with E-state index in [9.17, 15) is 0 Å². The lowest BCUT2D eigenvalue weighted by Gasteiger charge is -2.26. The molecule has 2 aromatic rings. The second-order valence-electron chi connectivity index (χ2n) is 4.96. The van der Waals surface area contributed by atoms with Crippen molar-refractivity contribution in [2.75, 3.05) is 20.8 Å². The van der Waals surface area contributed by atoms with Gasteiger partial charge in [0.2, 0.25) is 0 Å². The minimum atomic E-state index is 0.391. The molecular formula is C17H18O3. The van der Waals surface area contributed by atoms with Gasteiger partial charge in [-0.25, -0.2) is 0 Å². The van der Waals surface area contributed by atoms with Crippen molar-refractivity contribution < 1.29 is 14.2 Å². The van der Waals surface area contributed by atoms with Crippen LogP contribution < -0.4 is 14.2 Å². The summed E-state index contributed by atoms with van der Waals surface area (Å²) in [6.45, 7) is 0.701. The predicted molar refractivity (Wildman–Crippen MR) is 77.9 cm³/mol. The van der Waals surface area contributed by atoms with E-state index in [0.717, 1.165) is 23.7 Å². The van der Waals surface area contributed by atoms with Crippen molar-refractivity contribution in [1.82, 2.24) is 0 Å². The van der Waals surface area contributed by atoms with Gasteiger partial charge in [0.15, 0.2) is 0 Å². The third-order valence-corrected chi connectivity index (χ3v) is 3.77. The number of hydrogen-bond donors (Lipinski definition) is 0. The molecule has 0 radical (unpaired) electrons. The molecule has 0 spiro atoms. The molecular weight excluding hydrogens is 252 g/mol. The van der Waals surface area contributed by atoms with Crippen LogP contribution in [-0.4, -0.2) is 20.8 Å². The minimum Gasteiger partial charge on any atom is -0.497 e. The highest BCUT2D eigenvalue weighted by Crippen LogP contribution is 2.35. The number of rotatable bonds is 3. The second kappa shape index (κ2) is 5.45. The van der Waals surface area contributed by atoms with Crippen LogP contribution in [-0.2, 0) is 6.42 Å². The van der Waals surface area contributed by atoms with Crippen LogP contribution >= 0.6 is 0 Å². The van der Waals surface area contributed by atoms with Gasteiger partial charge in [0, 0.05) is 12.0 Å². The van der Waals surface area contributed by atoms with E-state index in [0.29, 0.717) is 12.5 Å². The largest absolute Gasteiger partial charge is 0.497 e. The van der Waals surface area contributed by atoms with Crippen molar-refractivity contribution in [3.05, 3.63) is 53.6 Å². The number of hydrogen-bond acceptors (Lipinski definition) is 3. The van der Waals surface area contributed by atoms with Crippen LogP contribution in [0.1, 0.15) is 17.0 Å². The summed E-state index contributed by atoms with van der Waals surface area (Å²) in [4.78, 5) is 0. The summed E-state index contributed by atoms with van der Waals surface area (Å²) in [6, 6.07) is 14.3. The SMILES string of the molecule is COc1ccc(C2COc3cc(OC)ccc3C2)cc1. The summed E-state index contributed by atoms with van der Waals surface area (Å²) >= 11 is 0. The Morgan fingerprint density at radius 1 is 0.950 bits per heavy atom. The molecule has 3 nitrogen and oxygen atoms in total. The molecule has 1 aliphatic heterocycles. The molecule has 1 unspecified atom stereocenters. The summed E-state index contributed by atoms with van der Waals surface area (Å²) in [6.07, 6.45) is 0.992. The van der Waals surface area contributed by atoms with Gasteiger partial charge in [-0.3, -0.25) is 0 Å². The van der Waals surface area contributed by atoms with Gasteiger partial charge in [0.25, 0.3) is 0 Å². The van der Waals surface area contributed by atoms with Crippen LogP contribution in [0.15, 0.2) is 42.5 Å². The smallest absolute Gasteiger partial charge is 0.126 e. The van der Waals surface area contributed by atoms with Gasteiger partial charge < -0.3 is 14.2 Å². The maximum Gasteiger partial charge on any atom is 0.126 e. The van der Waals surface area contributed by atoms with Gasteiger partial charge in [-0.1, -0.05) is 18.2 Å². The van der Waals surface area contributed by atoms with Crippen LogP contribution in [0.3, 0.4) is 0 Å². The molecule has 0 aromatic heterocycles. The maximum absolute atomic E-state index is 5.88. The molecule has 2 aromatic carbocycles. The molecule has 1 aliphatic rings. The first kappa shape index (κ1) is 12.9. The maximum atomic E-state index is 5.88. The van der Waals surface area contributed by atoms with E-state index in [1.807, 2.05) is 24.3 Å². The fourth-order valence-electron chi connectivity index (χ4n) is 2.57. The Balaban J connectivity index is 1.80. The molecule has 0 fully saturated rings. The lowest BCUT2D eigenvalue weighted by molar-refractivity contribution is 0.261. The van der Waals surface area contributed by atoms with Crippen LogP contribution in [0.4, 0.5) is 0 Å². The van der Waals surface area contributed by atoms with Gasteiger partial charge in [0.1, 0.15) is 17.2 Å². The van der Waals surface area contributed by atoms with Crippen molar-refractivity contribution in [2.45, 2.75) is 12.3 Å². The molecule has 0 saturated heterocycles. The quantitative estimate of drug-likeness (QED) is 0.855. The highest BCUT2D eigenvalue weighted by atomic mass is 16.5. The normalized spacial score (nSPS) is 17.0. The predicted octanol–water partition coefficient (Wildman–Crippen LogP) is 3.42. The van der Waals surface area contributed by atoms with Gasteiger partial charge in [0.05, 0.1) is 20.8 Å². The standard InChI is InChI=1S/C17H18O3/c1-18-15-6-3-12(4-7-15)14-9-13-5-8-16(19-2)10-17(13)20-11-14/h3-8,10,14H,9,11H2,1-2H3. The van der Waals surface area contributed by atoms with Crippen LogP contribution in [0.25, 0.3) is 0 Å². The first-order valence-corrected chi connectivity index (χ1v) is 6.74. The van der Waals surface area contributed by atoms with Gasteiger partial charge in [-0.05, 0) is 35.7 Å². The molecule has 0 amide bonds. The van der Waals surface area contributed by atoms with Gasteiger partial charge in [-0.2, -0.15) is 0 Å². The fourth-order valence-corrected chi connectivity index (χ4v) is 2.57. The average Bonchev–Trinajstić information content (AvgIpc) is 2.54. The van der Waals surface area contributed by atoms with E-state index in [1.54, 1.807) is 14.2 Å². The van der Waals surface area contributed by atoms with Crippen molar-refractivity contribution in [3.63, 3.8) is 0 Å². The second-order valence-corrected chi connectivity index (χ2v) is 4.96. The van der Waals surface area contributed by atoms with Crippen LogP contribution in [0.2, 0.25) is 0 Å². The lowest BCUT2D eigenvalue weighted by atomic mass is 9.90. The Bertz CT molecular complexity index is 590. The highest BCUT2D eigenvalue weighted by molar-refractivity contribution is 5.43. The van der Waals surface area contributed by atoms with Crippen LogP contribution in [0.5, 0.6) is 17.2 Å². The number of fused-ring (bicyclic) bond motifs is 1. The van der Waals surface area contributed by atoms with E-state index in [2.05, 4.69) is 18.2 Å². The molecule has 0 N–H and O–H groups in total. The third-order valence-electron chi connectivity index (χ3n) is 3.77. The minimum absolute atomic E-state index is 0.391. The molecule has 0 aliphatic carbocycles. The first-order chi connectivity index (χ1) is 9.80. The Kier molecular flexibility index (Phi) is 3.50. The number of benzene rings is 2. The molecule has 104 valence electrons. The average molecular weight is 270 g/mol. The molecule has 0 bridgehead atoms. The number of methoxy groups -OCH3 is 2. The van der Waals surface area contributed by atoms with E-state index < -0.39 is 0 Å². The zero-order chi connectivity index (χ0) is 13.9. The monoisotopic (exact) mass is 270 g/mol. The van der Waals surface area contributed by atoms with Gasteiger partial charge >= 0.3 is 0 Å². The molecule has 1 heterocycles. The van der Waals surface area contributed by atoms with E-state index in [1.165, 1.54) is 11.1 Å². The van der Waals surface area contributed by atoms with Crippen LogP contribution in [0, 0.1) is 0 Å². The summed E-state index contributed by atoms with van der Waals surface area (Å²) < 4.78 is 16.3. The molecule has 0 saturated carbocycles. The number of ether oxygens (including phenoxy) is 3. The Labute approximate surface area is 119 Å². The lowest BCUT2D eigenvalue weighted by Crippen LogP contribution is -2.19. The Morgan fingerprint density at radius 2 is 1.65 bits per heavy atom. The first-order valence-electron chi connectivity index (χ1n) is 6.74. The van der Waals surface area contributed by atoms with Crippen molar-refractivity contribution in [2.24, 2.45) is 0 Å². The molecule has 3 heteroatoms.